The Morgan fingerprint density at radius 1 is 0.897 bits per heavy atom. The number of ether oxygens (including phenoxy) is 1. The summed E-state index contributed by atoms with van der Waals surface area (Å²) in [5.41, 5.74) is 17.3. The quantitative estimate of drug-likeness (QED) is 0.209. The van der Waals surface area contributed by atoms with Crippen LogP contribution < -0.4 is 21.9 Å². The fourth-order valence-corrected chi connectivity index (χ4v) is 2.48. The number of hydrogen-bond donors (Lipinski definition) is 6. The van der Waals surface area contributed by atoms with Crippen molar-refractivity contribution >= 4 is 39.1 Å². The standard InChI is InChI=1S/C9H14N2O4S.C8H7NO4/c10-7-2-3-8(11)9(6-7)15-4-1-5-16(12,13)14;9-6-2-4(7(10)11)1-5(3-6)8(12)13/h2-3,6H,1,4-5,10-11H2,(H,12,13,14);1-3H,9H2,(H,10,11)(H,12,13). The zero-order valence-electron chi connectivity index (χ0n) is 15.1. The van der Waals surface area contributed by atoms with Crippen LogP contribution in [-0.2, 0) is 10.1 Å². The number of anilines is 3. The van der Waals surface area contributed by atoms with Crippen LogP contribution in [-0.4, -0.2) is 47.5 Å². The topological polar surface area (TPSA) is 216 Å². The third-order valence-corrected chi connectivity index (χ3v) is 4.10. The number of carbonyl (C=O) groups is 2. The maximum atomic E-state index is 10.5. The molecule has 9 N–H and O–H groups in total. The van der Waals surface area contributed by atoms with E-state index >= 15 is 0 Å². The molecule has 0 amide bonds. The summed E-state index contributed by atoms with van der Waals surface area (Å²) in [6.07, 6.45) is 0.188. The first kappa shape index (κ1) is 23.5. The molecule has 0 atom stereocenters. The predicted octanol–water partition coefficient (Wildman–Crippen LogP) is 1.17. The molecule has 0 aromatic heterocycles. The summed E-state index contributed by atoms with van der Waals surface area (Å²) in [6, 6.07) is 8.27. The molecule has 0 aliphatic heterocycles. The Bertz CT molecular complexity index is 960. The third kappa shape index (κ3) is 8.81. The van der Waals surface area contributed by atoms with E-state index < -0.39 is 22.1 Å². The van der Waals surface area contributed by atoms with E-state index in [1.165, 1.54) is 12.1 Å². The minimum Gasteiger partial charge on any atom is -0.491 e. The lowest BCUT2D eigenvalue weighted by Crippen LogP contribution is -2.09. The molecular weight excluding hydrogens is 406 g/mol. The van der Waals surface area contributed by atoms with E-state index in [0.29, 0.717) is 17.1 Å². The number of rotatable bonds is 7. The summed E-state index contributed by atoms with van der Waals surface area (Å²) in [5, 5.41) is 17.1. The Labute approximate surface area is 166 Å². The normalized spacial score (nSPS) is 10.5. The van der Waals surface area contributed by atoms with Gasteiger partial charge in [0.15, 0.2) is 0 Å². The van der Waals surface area contributed by atoms with Crippen LogP contribution in [0.3, 0.4) is 0 Å². The van der Waals surface area contributed by atoms with Gasteiger partial charge in [-0.2, -0.15) is 8.42 Å². The lowest BCUT2D eigenvalue weighted by molar-refractivity contribution is 0.0696. The fraction of sp³-hybridized carbons (Fsp3) is 0.176. The van der Waals surface area contributed by atoms with Crippen LogP contribution in [0.1, 0.15) is 27.1 Å². The van der Waals surface area contributed by atoms with E-state index in [4.69, 9.17) is 36.7 Å². The molecule has 158 valence electrons. The smallest absolute Gasteiger partial charge is 0.335 e. The van der Waals surface area contributed by atoms with Crippen molar-refractivity contribution in [3.63, 3.8) is 0 Å². The average molecular weight is 427 g/mol. The van der Waals surface area contributed by atoms with Crippen LogP contribution in [0.15, 0.2) is 36.4 Å². The number of aromatic carboxylic acids is 2. The summed E-state index contributed by atoms with van der Waals surface area (Å²) >= 11 is 0. The number of nitrogen functional groups attached to an aromatic ring is 3. The first-order chi connectivity index (χ1) is 13.4. The lowest BCUT2D eigenvalue weighted by atomic mass is 10.1. The van der Waals surface area contributed by atoms with Crippen molar-refractivity contribution in [1.29, 1.82) is 0 Å². The van der Waals surface area contributed by atoms with Gasteiger partial charge in [-0.3, -0.25) is 4.55 Å². The molecule has 0 saturated carbocycles. The zero-order valence-corrected chi connectivity index (χ0v) is 15.9. The Balaban J connectivity index is 0.000000296. The molecule has 0 spiro atoms. The van der Waals surface area contributed by atoms with Gasteiger partial charge in [-0.05, 0) is 36.8 Å². The SMILES string of the molecule is Nc1cc(C(=O)O)cc(C(=O)O)c1.Nc1ccc(N)c(OCCCS(=O)(=O)O)c1. The van der Waals surface area contributed by atoms with Gasteiger partial charge in [0.1, 0.15) is 5.75 Å². The molecule has 0 bridgehead atoms. The molecule has 0 aliphatic rings. The number of hydrogen-bond acceptors (Lipinski definition) is 8. The molecule has 2 rings (SSSR count). The summed E-state index contributed by atoms with van der Waals surface area (Å²) < 4.78 is 34.6. The van der Waals surface area contributed by atoms with E-state index in [1.54, 1.807) is 18.2 Å². The Hall–Kier alpha value is -3.51. The molecule has 0 radical (unpaired) electrons. The van der Waals surface area contributed by atoms with Crippen molar-refractivity contribution in [3.05, 3.63) is 47.5 Å². The summed E-state index contributed by atoms with van der Waals surface area (Å²) in [7, 11) is -3.93. The molecule has 0 heterocycles. The number of carboxylic acid groups (broad SMARTS) is 2. The molecular formula is C17H21N3O8S. The second-order valence-corrected chi connectivity index (χ2v) is 7.31. The maximum absolute atomic E-state index is 10.5. The Kier molecular flexibility index (Phi) is 8.23. The van der Waals surface area contributed by atoms with E-state index in [2.05, 4.69) is 0 Å². The van der Waals surface area contributed by atoms with Gasteiger partial charge in [0.2, 0.25) is 0 Å². The first-order valence-corrected chi connectivity index (χ1v) is 9.60. The minimum absolute atomic E-state index is 0.123. The van der Waals surface area contributed by atoms with E-state index in [1.807, 2.05) is 0 Å². The van der Waals surface area contributed by atoms with Crippen molar-refractivity contribution in [3.8, 4) is 5.75 Å². The van der Waals surface area contributed by atoms with Crippen LogP contribution >= 0.6 is 0 Å². The van der Waals surface area contributed by atoms with Crippen LogP contribution in [0, 0.1) is 0 Å². The lowest BCUT2D eigenvalue weighted by Gasteiger charge is -2.08. The van der Waals surface area contributed by atoms with Gasteiger partial charge in [0.05, 0.1) is 29.2 Å². The van der Waals surface area contributed by atoms with Gasteiger partial charge >= 0.3 is 11.9 Å². The highest BCUT2D eigenvalue weighted by atomic mass is 32.2. The molecule has 2 aromatic rings. The number of benzene rings is 2. The molecule has 0 fully saturated rings. The average Bonchev–Trinajstić information content (AvgIpc) is 2.60. The third-order valence-electron chi connectivity index (χ3n) is 3.29. The van der Waals surface area contributed by atoms with Gasteiger partial charge in [0, 0.05) is 17.4 Å². The van der Waals surface area contributed by atoms with Crippen molar-refractivity contribution < 1.29 is 37.5 Å². The maximum Gasteiger partial charge on any atom is 0.335 e. The van der Waals surface area contributed by atoms with Gasteiger partial charge < -0.3 is 32.2 Å². The van der Waals surface area contributed by atoms with Gasteiger partial charge in [0.25, 0.3) is 10.1 Å². The molecule has 29 heavy (non-hydrogen) atoms. The molecule has 11 nitrogen and oxygen atoms in total. The van der Waals surface area contributed by atoms with Gasteiger partial charge in [-0.1, -0.05) is 0 Å². The summed E-state index contributed by atoms with van der Waals surface area (Å²) in [6.45, 7) is 0.146. The molecule has 12 heteroatoms. The second kappa shape index (κ2) is 10.1. The highest BCUT2D eigenvalue weighted by Gasteiger charge is 2.09. The second-order valence-electron chi connectivity index (χ2n) is 5.74. The molecule has 0 saturated heterocycles. The van der Waals surface area contributed by atoms with E-state index in [0.717, 1.165) is 6.07 Å². The van der Waals surface area contributed by atoms with Gasteiger partial charge in [-0.15, -0.1) is 0 Å². The monoisotopic (exact) mass is 427 g/mol. The summed E-state index contributed by atoms with van der Waals surface area (Å²) in [4.78, 5) is 21.0. The van der Waals surface area contributed by atoms with Crippen molar-refractivity contribution in [1.82, 2.24) is 0 Å². The fourth-order valence-electron chi connectivity index (χ4n) is 2.00. The Morgan fingerprint density at radius 3 is 1.93 bits per heavy atom. The zero-order chi connectivity index (χ0) is 22.2. The van der Waals surface area contributed by atoms with Crippen LogP contribution in [0.4, 0.5) is 17.1 Å². The van der Waals surface area contributed by atoms with E-state index in [-0.39, 0.29) is 35.6 Å². The van der Waals surface area contributed by atoms with Crippen molar-refractivity contribution in [2.24, 2.45) is 0 Å². The molecule has 2 aromatic carbocycles. The van der Waals surface area contributed by atoms with E-state index in [9.17, 15) is 18.0 Å². The Morgan fingerprint density at radius 2 is 1.45 bits per heavy atom. The van der Waals surface area contributed by atoms with Crippen LogP contribution in [0.5, 0.6) is 5.75 Å². The minimum atomic E-state index is -3.93. The highest BCUT2D eigenvalue weighted by Crippen LogP contribution is 2.23. The largest absolute Gasteiger partial charge is 0.491 e. The van der Waals surface area contributed by atoms with Crippen molar-refractivity contribution in [2.75, 3.05) is 29.6 Å². The van der Waals surface area contributed by atoms with Gasteiger partial charge in [-0.25, -0.2) is 9.59 Å². The predicted molar refractivity (Wildman–Crippen MR) is 107 cm³/mol. The molecule has 0 unspecified atom stereocenters. The first-order valence-electron chi connectivity index (χ1n) is 7.99. The van der Waals surface area contributed by atoms with Crippen LogP contribution in [0.25, 0.3) is 0 Å². The number of carboxylic acids is 2. The highest BCUT2D eigenvalue weighted by molar-refractivity contribution is 7.85. The van der Waals surface area contributed by atoms with Crippen molar-refractivity contribution in [2.45, 2.75) is 6.42 Å². The summed E-state index contributed by atoms with van der Waals surface area (Å²) in [5.74, 6) is -2.32. The van der Waals surface area contributed by atoms with Crippen LogP contribution in [0.2, 0.25) is 0 Å². The molecule has 0 aliphatic carbocycles. The number of nitrogens with two attached hydrogens (primary N) is 3.